The topological polar surface area (TPSA) is 25.2 Å². The molecule has 1 saturated carbocycles. The summed E-state index contributed by atoms with van der Waals surface area (Å²) in [4.78, 5) is 0. The lowest BCUT2D eigenvalue weighted by atomic mass is 9.76. The molecule has 1 aromatic carbocycles. The Labute approximate surface area is 108 Å². The first kappa shape index (κ1) is 11.5. The third-order valence-corrected chi connectivity index (χ3v) is 3.79. The molecule has 94 valence electrons. The van der Waals surface area contributed by atoms with Gasteiger partial charge in [0.2, 0.25) is 0 Å². The van der Waals surface area contributed by atoms with Crippen molar-refractivity contribution < 1.29 is 4.42 Å². The predicted octanol–water partition coefficient (Wildman–Crippen LogP) is 3.36. The van der Waals surface area contributed by atoms with E-state index in [4.69, 9.17) is 4.42 Å². The monoisotopic (exact) mass is 241 g/mol. The number of furan rings is 1. The van der Waals surface area contributed by atoms with Crippen LogP contribution >= 0.6 is 0 Å². The summed E-state index contributed by atoms with van der Waals surface area (Å²) >= 11 is 0. The molecule has 2 nitrogen and oxygen atoms in total. The molecule has 0 saturated heterocycles. The summed E-state index contributed by atoms with van der Waals surface area (Å²) in [5, 5.41) is 3.60. The molecule has 1 aliphatic carbocycles. The average molecular weight is 241 g/mol. The van der Waals surface area contributed by atoms with E-state index in [0.717, 1.165) is 24.6 Å². The first-order valence-corrected chi connectivity index (χ1v) is 6.72. The third-order valence-electron chi connectivity index (χ3n) is 3.79. The summed E-state index contributed by atoms with van der Waals surface area (Å²) in [5.74, 6) is 1.83. The van der Waals surface area contributed by atoms with E-state index >= 15 is 0 Å². The molecule has 3 rings (SSSR count). The highest BCUT2D eigenvalue weighted by molar-refractivity contribution is 5.22. The van der Waals surface area contributed by atoms with Crippen LogP contribution in [0.2, 0.25) is 0 Å². The maximum absolute atomic E-state index is 5.32. The van der Waals surface area contributed by atoms with Gasteiger partial charge in [0.25, 0.3) is 0 Å². The fourth-order valence-electron chi connectivity index (χ4n) is 2.64. The van der Waals surface area contributed by atoms with E-state index in [-0.39, 0.29) is 0 Å². The number of hydrogen-bond acceptors (Lipinski definition) is 2. The lowest BCUT2D eigenvalue weighted by Crippen LogP contribution is -2.40. The maximum Gasteiger partial charge on any atom is 0.105 e. The van der Waals surface area contributed by atoms with Gasteiger partial charge in [-0.25, -0.2) is 0 Å². The second-order valence-electron chi connectivity index (χ2n) is 5.06. The fourth-order valence-corrected chi connectivity index (χ4v) is 2.64. The Morgan fingerprint density at radius 1 is 1.06 bits per heavy atom. The minimum absolute atomic E-state index is 0.685. The Bertz CT molecular complexity index is 457. The lowest BCUT2D eigenvalue weighted by Gasteiger charge is -2.36. The Kier molecular flexibility index (Phi) is 3.47. The molecule has 0 radical (unpaired) electrons. The number of rotatable bonds is 5. The van der Waals surface area contributed by atoms with E-state index in [9.17, 15) is 0 Å². The van der Waals surface area contributed by atoms with E-state index in [1.54, 1.807) is 6.26 Å². The number of nitrogens with one attached hydrogen (secondary N) is 1. The van der Waals surface area contributed by atoms with Crippen molar-refractivity contribution in [3.8, 4) is 0 Å². The van der Waals surface area contributed by atoms with Crippen LogP contribution < -0.4 is 5.32 Å². The van der Waals surface area contributed by atoms with Gasteiger partial charge < -0.3 is 9.73 Å². The summed E-state index contributed by atoms with van der Waals surface area (Å²) < 4.78 is 5.32. The van der Waals surface area contributed by atoms with Crippen molar-refractivity contribution in [3.05, 3.63) is 60.1 Å². The van der Waals surface area contributed by atoms with Crippen LogP contribution in [-0.4, -0.2) is 12.6 Å². The molecule has 1 heterocycles. The Morgan fingerprint density at radius 3 is 2.61 bits per heavy atom. The SMILES string of the molecule is c1ccc(C2CC(NCCc3ccco3)C2)cc1. The van der Waals surface area contributed by atoms with Crippen LogP contribution in [-0.2, 0) is 6.42 Å². The second kappa shape index (κ2) is 5.40. The second-order valence-corrected chi connectivity index (χ2v) is 5.06. The van der Waals surface area contributed by atoms with Gasteiger partial charge in [-0.05, 0) is 36.5 Å². The molecule has 1 aromatic heterocycles. The van der Waals surface area contributed by atoms with Crippen molar-refractivity contribution in [1.82, 2.24) is 5.32 Å². The lowest BCUT2D eigenvalue weighted by molar-refractivity contribution is 0.290. The van der Waals surface area contributed by atoms with Crippen LogP contribution in [0.1, 0.15) is 30.1 Å². The van der Waals surface area contributed by atoms with Gasteiger partial charge in [-0.2, -0.15) is 0 Å². The first-order valence-electron chi connectivity index (χ1n) is 6.72. The summed E-state index contributed by atoms with van der Waals surface area (Å²) in [7, 11) is 0. The zero-order chi connectivity index (χ0) is 12.2. The zero-order valence-corrected chi connectivity index (χ0v) is 10.5. The minimum Gasteiger partial charge on any atom is -0.469 e. The molecule has 1 N–H and O–H groups in total. The van der Waals surface area contributed by atoms with Gasteiger partial charge in [0.15, 0.2) is 0 Å². The molecule has 0 amide bonds. The van der Waals surface area contributed by atoms with E-state index in [1.807, 2.05) is 12.1 Å². The van der Waals surface area contributed by atoms with E-state index in [0.29, 0.717) is 6.04 Å². The molecule has 1 fully saturated rings. The van der Waals surface area contributed by atoms with Crippen molar-refractivity contribution in [1.29, 1.82) is 0 Å². The van der Waals surface area contributed by atoms with Crippen LogP contribution in [0.15, 0.2) is 53.1 Å². The number of benzene rings is 1. The smallest absolute Gasteiger partial charge is 0.105 e. The van der Waals surface area contributed by atoms with Gasteiger partial charge in [0.05, 0.1) is 6.26 Å². The molecule has 0 atom stereocenters. The third kappa shape index (κ3) is 2.65. The van der Waals surface area contributed by atoms with Crippen LogP contribution in [0.5, 0.6) is 0 Å². The molecular formula is C16H19NO. The summed E-state index contributed by atoms with van der Waals surface area (Å²) in [5.41, 5.74) is 1.49. The van der Waals surface area contributed by atoms with Crippen LogP contribution in [0, 0.1) is 0 Å². The Hall–Kier alpha value is -1.54. The molecule has 1 aliphatic rings. The van der Waals surface area contributed by atoms with Crippen molar-refractivity contribution >= 4 is 0 Å². The first-order chi connectivity index (χ1) is 8.92. The van der Waals surface area contributed by atoms with E-state index in [2.05, 4.69) is 35.6 Å². The van der Waals surface area contributed by atoms with Gasteiger partial charge in [-0.3, -0.25) is 0 Å². The molecule has 0 unspecified atom stereocenters. The fraction of sp³-hybridized carbons (Fsp3) is 0.375. The molecule has 18 heavy (non-hydrogen) atoms. The van der Waals surface area contributed by atoms with Gasteiger partial charge in [-0.15, -0.1) is 0 Å². The Balaban J connectivity index is 1.38. The molecule has 2 aromatic rings. The van der Waals surface area contributed by atoms with Crippen molar-refractivity contribution in [2.45, 2.75) is 31.2 Å². The zero-order valence-electron chi connectivity index (χ0n) is 10.5. The molecule has 0 bridgehead atoms. The van der Waals surface area contributed by atoms with Crippen LogP contribution in [0.3, 0.4) is 0 Å². The van der Waals surface area contributed by atoms with Crippen molar-refractivity contribution in [2.75, 3.05) is 6.54 Å². The van der Waals surface area contributed by atoms with E-state index < -0.39 is 0 Å². The average Bonchev–Trinajstić information content (AvgIpc) is 2.86. The van der Waals surface area contributed by atoms with Crippen LogP contribution in [0.25, 0.3) is 0 Å². The van der Waals surface area contributed by atoms with Gasteiger partial charge >= 0.3 is 0 Å². The summed E-state index contributed by atoms with van der Waals surface area (Å²) in [6, 6.07) is 15.5. The highest BCUT2D eigenvalue weighted by Crippen LogP contribution is 2.36. The minimum atomic E-state index is 0.685. The molecule has 0 spiro atoms. The van der Waals surface area contributed by atoms with E-state index in [1.165, 1.54) is 18.4 Å². The maximum atomic E-state index is 5.32. The van der Waals surface area contributed by atoms with Crippen molar-refractivity contribution in [3.63, 3.8) is 0 Å². The highest BCUT2D eigenvalue weighted by atomic mass is 16.3. The van der Waals surface area contributed by atoms with Crippen LogP contribution in [0.4, 0.5) is 0 Å². The van der Waals surface area contributed by atoms with Gasteiger partial charge in [-0.1, -0.05) is 30.3 Å². The predicted molar refractivity (Wildman–Crippen MR) is 72.6 cm³/mol. The van der Waals surface area contributed by atoms with Gasteiger partial charge in [0, 0.05) is 19.0 Å². The largest absolute Gasteiger partial charge is 0.469 e. The molecule has 2 heteroatoms. The molecular weight excluding hydrogens is 222 g/mol. The standard InChI is InChI=1S/C16H19NO/c1-2-5-13(6-3-1)14-11-15(12-14)17-9-8-16-7-4-10-18-16/h1-7,10,14-15,17H,8-9,11-12H2. The Morgan fingerprint density at radius 2 is 1.89 bits per heavy atom. The summed E-state index contributed by atoms with van der Waals surface area (Å²) in [6.07, 6.45) is 5.26. The van der Waals surface area contributed by atoms with Crippen molar-refractivity contribution in [2.24, 2.45) is 0 Å². The van der Waals surface area contributed by atoms with Gasteiger partial charge in [0.1, 0.15) is 5.76 Å². The quantitative estimate of drug-likeness (QED) is 0.868. The normalized spacial score (nSPS) is 22.7. The highest BCUT2D eigenvalue weighted by Gasteiger charge is 2.29. The molecule has 0 aliphatic heterocycles. The number of hydrogen-bond donors (Lipinski definition) is 1. The summed E-state index contributed by atoms with van der Waals surface area (Å²) in [6.45, 7) is 1.01.